The molecule has 32 heavy (non-hydrogen) atoms. The third kappa shape index (κ3) is 5.28. The Balaban J connectivity index is 1.90. The molecular weight excluding hydrogens is 430 g/mol. The molecule has 3 rings (SSSR count). The number of aryl methyl sites for hydroxylation is 1. The van der Waals surface area contributed by atoms with E-state index in [1.54, 1.807) is 36.4 Å². The maximum Gasteiger partial charge on any atom is 0.334 e. The van der Waals surface area contributed by atoms with Crippen LogP contribution in [0.4, 0.5) is 4.79 Å². The molecule has 2 aromatic carbocycles. The number of urea groups is 1. The first-order chi connectivity index (χ1) is 15.3. The van der Waals surface area contributed by atoms with Gasteiger partial charge in [0.15, 0.2) is 5.78 Å². The van der Waals surface area contributed by atoms with E-state index in [1.807, 2.05) is 13.8 Å². The van der Waals surface area contributed by atoms with Gasteiger partial charge in [-0.2, -0.15) is 0 Å². The van der Waals surface area contributed by atoms with Crippen LogP contribution in [0.2, 0.25) is 0 Å². The third-order valence-electron chi connectivity index (χ3n) is 5.61. The summed E-state index contributed by atoms with van der Waals surface area (Å²) in [6.45, 7) is 6.31. The number of ether oxygens (including phenoxy) is 1. The number of rotatable bonds is 7. The molecule has 0 aromatic heterocycles. The summed E-state index contributed by atoms with van der Waals surface area (Å²) in [7, 11) is -2.70. The number of piperazine rings is 1. The average molecular weight is 460 g/mol. The maximum absolute atomic E-state index is 13.4. The van der Waals surface area contributed by atoms with E-state index in [1.165, 1.54) is 24.1 Å². The summed E-state index contributed by atoms with van der Waals surface area (Å²) in [5.74, 6) is 0.111. The fraction of sp³-hybridized carbons (Fsp3) is 0.391. The van der Waals surface area contributed by atoms with E-state index in [9.17, 15) is 18.0 Å². The minimum atomic E-state index is -4.22. The van der Waals surface area contributed by atoms with Crippen LogP contribution in [-0.4, -0.2) is 80.7 Å². The van der Waals surface area contributed by atoms with Crippen molar-refractivity contribution in [1.82, 2.24) is 14.1 Å². The highest BCUT2D eigenvalue weighted by atomic mass is 32.2. The lowest BCUT2D eigenvalue weighted by Crippen LogP contribution is -2.54. The van der Waals surface area contributed by atoms with Crippen LogP contribution in [0.5, 0.6) is 5.75 Å². The molecule has 9 heteroatoms. The lowest BCUT2D eigenvalue weighted by Gasteiger charge is -2.36. The summed E-state index contributed by atoms with van der Waals surface area (Å²) in [5, 5.41) is 0. The Hall–Kier alpha value is -2.91. The molecule has 0 spiro atoms. The summed E-state index contributed by atoms with van der Waals surface area (Å²) in [4.78, 5) is 29.9. The zero-order valence-electron chi connectivity index (χ0n) is 18.7. The first-order valence-electron chi connectivity index (χ1n) is 10.5. The second-order valence-electron chi connectivity index (χ2n) is 7.68. The van der Waals surface area contributed by atoms with Crippen LogP contribution in [-0.2, 0) is 10.0 Å². The first kappa shape index (κ1) is 23.7. The quantitative estimate of drug-likeness (QED) is 0.592. The minimum absolute atomic E-state index is 0.0221. The first-order valence-corrected chi connectivity index (χ1v) is 12.0. The number of Topliss-reactive ketones (excluding diaryl/α,β-unsaturated/α-hetero) is 1. The predicted octanol–water partition coefficient (Wildman–Crippen LogP) is 2.63. The zero-order chi connectivity index (χ0) is 23.3. The molecule has 1 fully saturated rings. The summed E-state index contributed by atoms with van der Waals surface area (Å²) in [6, 6.07) is 11.9. The third-order valence-corrected chi connectivity index (χ3v) is 7.35. The number of carbonyl (C=O) groups excluding carboxylic acids is 2. The van der Waals surface area contributed by atoms with Crippen molar-refractivity contribution >= 4 is 21.8 Å². The molecule has 2 aromatic rings. The van der Waals surface area contributed by atoms with Gasteiger partial charge in [-0.3, -0.25) is 4.79 Å². The standard InChI is InChI=1S/C23H29N3O5S/c1-4-24-13-15-25(16-14-24)23(28)26(32(29,30)21-11-5-18(2)6-12-21)17-22(27)19-7-9-20(31-3)10-8-19/h5-12H,4,13-17H2,1-3H3. The molecule has 0 bridgehead atoms. The van der Waals surface area contributed by atoms with Gasteiger partial charge in [0.25, 0.3) is 10.0 Å². The van der Waals surface area contributed by atoms with Gasteiger partial charge in [-0.1, -0.05) is 24.6 Å². The van der Waals surface area contributed by atoms with E-state index in [2.05, 4.69) is 4.90 Å². The summed E-state index contributed by atoms with van der Waals surface area (Å²) >= 11 is 0. The SMILES string of the molecule is CCN1CCN(C(=O)N(CC(=O)c2ccc(OC)cc2)S(=O)(=O)c2ccc(C)cc2)CC1. The predicted molar refractivity (Wildman–Crippen MR) is 121 cm³/mol. The Kier molecular flexibility index (Phi) is 7.52. The molecule has 8 nitrogen and oxygen atoms in total. The second kappa shape index (κ2) is 10.1. The number of amides is 2. The summed E-state index contributed by atoms with van der Waals surface area (Å²) in [6.07, 6.45) is 0. The van der Waals surface area contributed by atoms with Gasteiger partial charge in [0.2, 0.25) is 0 Å². The summed E-state index contributed by atoms with van der Waals surface area (Å²) < 4.78 is 32.6. The topological polar surface area (TPSA) is 87.2 Å². The lowest BCUT2D eigenvalue weighted by atomic mass is 10.1. The number of ketones is 1. The average Bonchev–Trinajstić information content (AvgIpc) is 2.82. The molecule has 1 saturated heterocycles. The lowest BCUT2D eigenvalue weighted by molar-refractivity contribution is 0.0945. The van der Waals surface area contributed by atoms with E-state index in [0.717, 1.165) is 12.1 Å². The van der Waals surface area contributed by atoms with Gasteiger partial charge in [-0.05, 0) is 49.9 Å². The van der Waals surface area contributed by atoms with Crippen LogP contribution in [0.1, 0.15) is 22.8 Å². The van der Waals surface area contributed by atoms with E-state index in [4.69, 9.17) is 4.74 Å². The number of nitrogens with zero attached hydrogens (tertiary/aromatic N) is 3. The monoisotopic (exact) mass is 459 g/mol. The number of benzene rings is 2. The van der Waals surface area contributed by atoms with Gasteiger partial charge in [0.05, 0.1) is 12.0 Å². The Bertz CT molecular complexity index is 1040. The maximum atomic E-state index is 13.4. The van der Waals surface area contributed by atoms with Crippen molar-refractivity contribution in [2.24, 2.45) is 0 Å². The van der Waals surface area contributed by atoms with Crippen molar-refractivity contribution in [3.8, 4) is 5.75 Å². The number of likely N-dealkylation sites (N-methyl/N-ethyl adjacent to an activating group) is 1. The van der Waals surface area contributed by atoms with E-state index in [0.29, 0.717) is 41.8 Å². The van der Waals surface area contributed by atoms with E-state index < -0.39 is 28.4 Å². The largest absolute Gasteiger partial charge is 0.497 e. The molecule has 0 atom stereocenters. The Labute approximate surface area is 189 Å². The molecule has 0 N–H and O–H groups in total. The normalized spacial score (nSPS) is 14.8. The molecular formula is C23H29N3O5S. The number of carbonyl (C=O) groups is 2. The second-order valence-corrected chi connectivity index (χ2v) is 9.54. The molecule has 1 aliphatic rings. The van der Waals surface area contributed by atoms with Crippen LogP contribution in [0.25, 0.3) is 0 Å². The van der Waals surface area contributed by atoms with Gasteiger partial charge in [-0.25, -0.2) is 17.5 Å². The number of hydrogen-bond donors (Lipinski definition) is 0. The van der Waals surface area contributed by atoms with E-state index in [-0.39, 0.29) is 4.90 Å². The van der Waals surface area contributed by atoms with E-state index >= 15 is 0 Å². The van der Waals surface area contributed by atoms with Crippen LogP contribution in [0.3, 0.4) is 0 Å². The van der Waals surface area contributed by atoms with Gasteiger partial charge >= 0.3 is 6.03 Å². The Morgan fingerprint density at radius 2 is 1.56 bits per heavy atom. The highest BCUT2D eigenvalue weighted by Gasteiger charge is 2.35. The number of sulfonamides is 1. The highest BCUT2D eigenvalue weighted by molar-refractivity contribution is 7.89. The zero-order valence-corrected chi connectivity index (χ0v) is 19.5. The van der Waals surface area contributed by atoms with Gasteiger partial charge in [0, 0.05) is 31.7 Å². The van der Waals surface area contributed by atoms with Crippen molar-refractivity contribution in [3.63, 3.8) is 0 Å². The Morgan fingerprint density at radius 1 is 0.969 bits per heavy atom. The van der Waals surface area contributed by atoms with Crippen LogP contribution < -0.4 is 4.74 Å². The molecule has 0 unspecified atom stereocenters. The highest BCUT2D eigenvalue weighted by Crippen LogP contribution is 2.20. The molecule has 1 heterocycles. The Morgan fingerprint density at radius 3 is 2.09 bits per heavy atom. The van der Waals surface area contributed by atoms with Crippen molar-refractivity contribution in [2.45, 2.75) is 18.7 Å². The minimum Gasteiger partial charge on any atom is -0.497 e. The molecule has 0 saturated carbocycles. The number of methoxy groups -OCH3 is 1. The van der Waals surface area contributed by atoms with Crippen LogP contribution in [0.15, 0.2) is 53.4 Å². The van der Waals surface area contributed by atoms with Gasteiger partial charge < -0.3 is 14.5 Å². The summed E-state index contributed by atoms with van der Waals surface area (Å²) in [5.41, 5.74) is 1.20. The van der Waals surface area contributed by atoms with Crippen molar-refractivity contribution in [1.29, 1.82) is 0 Å². The molecule has 0 radical (unpaired) electrons. The molecule has 2 amide bonds. The fourth-order valence-corrected chi connectivity index (χ4v) is 4.85. The van der Waals surface area contributed by atoms with Gasteiger partial charge in [0.1, 0.15) is 12.3 Å². The van der Waals surface area contributed by atoms with Gasteiger partial charge in [-0.15, -0.1) is 0 Å². The van der Waals surface area contributed by atoms with Crippen LogP contribution in [0, 0.1) is 6.92 Å². The van der Waals surface area contributed by atoms with Crippen LogP contribution >= 0.6 is 0 Å². The van der Waals surface area contributed by atoms with Crippen molar-refractivity contribution in [3.05, 3.63) is 59.7 Å². The fourth-order valence-electron chi connectivity index (χ4n) is 3.50. The number of hydrogen-bond acceptors (Lipinski definition) is 6. The van der Waals surface area contributed by atoms with Crippen molar-refractivity contribution < 1.29 is 22.7 Å². The smallest absolute Gasteiger partial charge is 0.334 e. The molecule has 0 aliphatic carbocycles. The molecule has 172 valence electrons. The van der Waals surface area contributed by atoms with Crippen molar-refractivity contribution in [2.75, 3.05) is 46.4 Å². The molecule has 1 aliphatic heterocycles.